The zero-order valence-electron chi connectivity index (χ0n) is 12.3. The highest BCUT2D eigenvalue weighted by atomic mass is 35.5. The van der Waals surface area contributed by atoms with Gasteiger partial charge in [0.15, 0.2) is 0 Å². The fourth-order valence-corrected chi connectivity index (χ4v) is 2.91. The normalized spacial score (nSPS) is 19.0. The van der Waals surface area contributed by atoms with Crippen LogP contribution >= 0.6 is 11.6 Å². The number of carbonyl (C=O) groups excluding carboxylic acids is 1. The number of ether oxygens (including phenoxy) is 1. The Morgan fingerprint density at radius 1 is 1.48 bits per heavy atom. The topological polar surface area (TPSA) is 58.6 Å². The van der Waals surface area contributed by atoms with Crippen LogP contribution in [0.5, 0.6) is 0 Å². The van der Waals surface area contributed by atoms with Crippen LogP contribution in [0.3, 0.4) is 0 Å². The van der Waals surface area contributed by atoms with Gasteiger partial charge in [0.25, 0.3) is 0 Å². The van der Waals surface area contributed by atoms with Gasteiger partial charge in [0, 0.05) is 24.8 Å². The van der Waals surface area contributed by atoms with Crippen LogP contribution in [0.4, 0.5) is 0 Å². The van der Waals surface area contributed by atoms with Crippen molar-refractivity contribution in [1.82, 2.24) is 5.32 Å². The average molecular weight is 312 g/mol. The standard InChI is InChI=1S/C16H22ClNO3/c1-12(19)5-8-18-15(20)16(6-9-21-10-7-16)13-3-2-4-14(17)11-13/h2-4,11-12,19H,5-10H2,1H3,(H,18,20). The molecule has 2 rings (SSSR count). The molecular formula is C16H22ClNO3. The van der Waals surface area contributed by atoms with Crippen LogP contribution in [0.1, 0.15) is 31.7 Å². The van der Waals surface area contributed by atoms with Gasteiger partial charge in [-0.25, -0.2) is 0 Å². The van der Waals surface area contributed by atoms with Gasteiger partial charge < -0.3 is 15.2 Å². The van der Waals surface area contributed by atoms with Crippen molar-refractivity contribution < 1.29 is 14.6 Å². The molecule has 1 aliphatic heterocycles. The summed E-state index contributed by atoms with van der Waals surface area (Å²) in [4.78, 5) is 12.7. The van der Waals surface area contributed by atoms with Crippen LogP contribution in [-0.2, 0) is 14.9 Å². The van der Waals surface area contributed by atoms with Crippen molar-refractivity contribution in [2.75, 3.05) is 19.8 Å². The molecule has 4 nitrogen and oxygen atoms in total. The number of hydrogen-bond donors (Lipinski definition) is 2. The largest absolute Gasteiger partial charge is 0.393 e. The number of aliphatic hydroxyl groups excluding tert-OH is 1. The quantitative estimate of drug-likeness (QED) is 0.877. The van der Waals surface area contributed by atoms with Crippen molar-refractivity contribution in [3.8, 4) is 0 Å². The van der Waals surface area contributed by atoms with Gasteiger partial charge in [-0.1, -0.05) is 23.7 Å². The third-order valence-electron chi connectivity index (χ3n) is 4.01. The summed E-state index contributed by atoms with van der Waals surface area (Å²) in [6, 6.07) is 7.49. The molecule has 1 aromatic carbocycles. The maximum atomic E-state index is 12.7. The summed E-state index contributed by atoms with van der Waals surface area (Å²) >= 11 is 6.08. The molecule has 1 amide bonds. The number of hydrogen-bond acceptors (Lipinski definition) is 3. The third kappa shape index (κ3) is 3.96. The first-order chi connectivity index (χ1) is 10.0. The molecule has 21 heavy (non-hydrogen) atoms. The monoisotopic (exact) mass is 311 g/mol. The van der Waals surface area contributed by atoms with E-state index in [1.165, 1.54) is 0 Å². The van der Waals surface area contributed by atoms with E-state index < -0.39 is 11.5 Å². The highest BCUT2D eigenvalue weighted by Gasteiger charge is 2.41. The van der Waals surface area contributed by atoms with E-state index in [-0.39, 0.29) is 5.91 Å². The minimum Gasteiger partial charge on any atom is -0.393 e. The minimum atomic E-state index is -0.582. The second kappa shape index (κ2) is 7.25. The Hall–Kier alpha value is -1.10. The number of amides is 1. The molecule has 2 N–H and O–H groups in total. The molecule has 1 unspecified atom stereocenters. The number of halogens is 1. The van der Waals surface area contributed by atoms with Gasteiger partial charge in [-0.15, -0.1) is 0 Å². The molecule has 0 radical (unpaired) electrons. The Morgan fingerprint density at radius 3 is 2.81 bits per heavy atom. The van der Waals surface area contributed by atoms with Gasteiger partial charge in [0.1, 0.15) is 0 Å². The second-order valence-corrected chi connectivity index (χ2v) is 6.03. The average Bonchev–Trinajstić information content (AvgIpc) is 2.47. The number of aliphatic hydroxyl groups is 1. The van der Waals surface area contributed by atoms with Crippen LogP contribution in [0.2, 0.25) is 5.02 Å². The number of benzene rings is 1. The van der Waals surface area contributed by atoms with Crippen molar-refractivity contribution >= 4 is 17.5 Å². The smallest absolute Gasteiger partial charge is 0.230 e. The summed E-state index contributed by atoms with van der Waals surface area (Å²) in [5.41, 5.74) is 0.356. The van der Waals surface area contributed by atoms with Crippen LogP contribution in [0.15, 0.2) is 24.3 Å². The number of carbonyl (C=O) groups is 1. The molecule has 1 fully saturated rings. The maximum absolute atomic E-state index is 12.7. The first-order valence-corrected chi connectivity index (χ1v) is 7.72. The molecule has 1 aliphatic rings. The van der Waals surface area contributed by atoms with E-state index >= 15 is 0 Å². The summed E-state index contributed by atoms with van der Waals surface area (Å²) in [6.07, 6.45) is 1.43. The van der Waals surface area contributed by atoms with Gasteiger partial charge in [0.2, 0.25) is 5.91 Å². The molecule has 0 aromatic heterocycles. The molecule has 1 saturated heterocycles. The molecule has 0 saturated carbocycles. The maximum Gasteiger partial charge on any atom is 0.230 e. The lowest BCUT2D eigenvalue weighted by atomic mass is 9.73. The first kappa shape index (κ1) is 16.3. The molecule has 0 aliphatic carbocycles. The fourth-order valence-electron chi connectivity index (χ4n) is 2.72. The van der Waals surface area contributed by atoms with Crippen molar-refractivity contribution in [3.05, 3.63) is 34.9 Å². The third-order valence-corrected chi connectivity index (χ3v) is 4.24. The molecule has 0 spiro atoms. The summed E-state index contributed by atoms with van der Waals surface area (Å²) in [7, 11) is 0. The van der Waals surface area contributed by atoms with Crippen LogP contribution in [-0.4, -0.2) is 36.9 Å². The first-order valence-electron chi connectivity index (χ1n) is 7.35. The van der Waals surface area contributed by atoms with E-state index in [1.54, 1.807) is 6.92 Å². The van der Waals surface area contributed by atoms with Crippen LogP contribution < -0.4 is 5.32 Å². The highest BCUT2D eigenvalue weighted by Crippen LogP contribution is 2.36. The molecule has 1 heterocycles. The van der Waals surface area contributed by atoms with Gasteiger partial charge >= 0.3 is 0 Å². The van der Waals surface area contributed by atoms with Crippen molar-refractivity contribution in [2.45, 2.75) is 37.7 Å². The summed E-state index contributed by atoms with van der Waals surface area (Å²) in [5, 5.41) is 12.9. The zero-order valence-corrected chi connectivity index (χ0v) is 13.0. The lowest BCUT2D eigenvalue weighted by Gasteiger charge is -2.36. The predicted octanol–water partition coefficient (Wildman–Crippen LogP) is 2.28. The van der Waals surface area contributed by atoms with E-state index in [9.17, 15) is 9.90 Å². The molecule has 5 heteroatoms. The molecular weight excluding hydrogens is 290 g/mol. The van der Waals surface area contributed by atoms with Crippen molar-refractivity contribution in [2.24, 2.45) is 0 Å². The van der Waals surface area contributed by atoms with Gasteiger partial charge in [0.05, 0.1) is 11.5 Å². The Morgan fingerprint density at radius 2 is 2.19 bits per heavy atom. The van der Waals surface area contributed by atoms with Crippen LogP contribution in [0.25, 0.3) is 0 Å². The highest BCUT2D eigenvalue weighted by molar-refractivity contribution is 6.30. The Labute approximate surface area is 130 Å². The minimum absolute atomic E-state index is 0.00582. The Bertz CT molecular complexity index is 484. The van der Waals surface area contributed by atoms with E-state index in [4.69, 9.17) is 16.3 Å². The van der Waals surface area contributed by atoms with E-state index in [0.717, 1.165) is 5.56 Å². The van der Waals surface area contributed by atoms with Crippen molar-refractivity contribution in [1.29, 1.82) is 0 Å². The molecule has 0 bridgehead atoms. The number of nitrogens with one attached hydrogen (secondary N) is 1. The zero-order chi connectivity index (χ0) is 15.3. The van der Waals surface area contributed by atoms with E-state index in [0.29, 0.717) is 44.0 Å². The number of rotatable bonds is 5. The fraction of sp³-hybridized carbons (Fsp3) is 0.562. The predicted molar refractivity (Wildman–Crippen MR) is 82.5 cm³/mol. The van der Waals surface area contributed by atoms with Gasteiger partial charge in [-0.2, -0.15) is 0 Å². The summed E-state index contributed by atoms with van der Waals surface area (Å²) in [6.45, 7) is 3.32. The van der Waals surface area contributed by atoms with Gasteiger partial charge in [-0.05, 0) is 43.9 Å². The molecule has 1 aromatic rings. The summed E-state index contributed by atoms with van der Waals surface area (Å²) < 4.78 is 5.42. The van der Waals surface area contributed by atoms with Crippen LogP contribution in [0, 0.1) is 0 Å². The lowest BCUT2D eigenvalue weighted by Crippen LogP contribution is -2.48. The molecule has 1 atom stereocenters. The van der Waals surface area contributed by atoms with E-state index in [1.807, 2.05) is 24.3 Å². The lowest BCUT2D eigenvalue weighted by molar-refractivity contribution is -0.130. The van der Waals surface area contributed by atoms with Gasteiger partial charge in [-0.3, -0.25) is 4.79 Å². The SMILES string of the molecule is CC(O)CCNC(=O)C1(c2cccc(Cl)c2)CCOCC1. The summed E-state index contributed by atoms with van der Waals surface area (Å²) in [5.74, 6) is -0.00582. The second-order valence-electron chi connectivity index (χ2n) is 5.60. The Balaban J connectivity index is 2.18. The molecule has 116 valence electrons. The Kier molecular flexibility index (Phi) is 5.62. The van der Waals surface area contributed by atoms with E-state index in [2.05, 4.69) is 5.32 Å². The van der Waals surface area contributed by atoms with Crippen molar-refractivity contribution in [3.63, 3.8) is 0 Å².